The van der Waals surface area contributed by atoms with Crippen LogP contribution in [0.2, 0.25) is 0 Å². The van der Waals surface area contributed by atoms with Crippen LogP contribution in [0.1, 0.15) is 55.4 Å². The van der Waals surface area contributed by atoms with Gasteiger partial charge < -0.3 is 0 Å². The van der Waals surface area contributed by atoms with Gasteiger partial charge in [-0.3, -0.25) is 0 Å². The van der Waals surface area contributed by atoms with E-state index in [9.17, 15) is 0 Å². The smallest absolute Gasteiger partial charge is 0.0879 e. The molecule has 2 rings (SSSR count). The molecule has 0 saturated carbocycles. The summed E-state index contributed by atoms with van der Waals surface area (Å²) in [4.78, 5) is 0. The fourth-order valence-electron chi connectivity index (χ4n) is 3.56. The molecule has 0 aromatic carbocycles. The van der Waals surface area contributed by atoms with Crippen molar-refractivity contribution in [2.75, 3.05) is 0 Å². The maximum atomic E-state index is 6.59. The molecule has 0 aliphatic heterocycles. The molecule has 4 heteroatoms. The van der Waals surface area contributed by atoms with Gasteiger partial charge in [0, 0.05) is 47.1 Å². The van der Waals surface area contributed by atoms with Gasteiger partial charge in [-0.15, -0.1) is 0 Å². The molecule has 22 heavy (non-hydrogen) atoms. The first kappa shape index (κ1) is 20.7. The predicted molar refractivity (Wildman–Crippen MR) is 98.6 cm³/mol. The Morgan fingerprint density at radius 3 is 1.14 bits per heavy atom. The number of rotatable bonds is 2. The van der Waals surface area contributed by atoms with Crippen LogP contribution in [0.5, 0.6) is 0 Å². The summed E-state index contributed by atoms with van der Waals surface area (Å²) >= 11 is 13.2. The van der Waals surface area contributed by atoms with Gasteiger partial charge >= 0.3 is 0 Å². The minimum Gasteiger partial charge on any atom is -0.0879 e. The Balaban J connectivity index is 0.00000242. The van der Waals surface area contributed by atoms with Crippen LogP contribution in [0, 0.1) is 10.8 Å². The molecule has 0 nitrogen and oxygen atoms in total. The van der Waals surface area contributed by atoms with Crippen LogP contribution < -0.4 is 0 Å². The van der Waals surface area contributed by atoms with E-state index in [0.29, 0.717) is 0 Å². The average Bonchev–Trinajstić information content (AvgIpc) is 2.64. The maximum Gasteiger partial charge on any atom is 0.0882 e. The molecule has 0 N–H and O–H groups in total. The molecule has 0 aromatic heterocycles. The van der Waals surface area contributed by atoms with Gasteiger partial charge in [0.2, 0.25) is 0 Å². The number of hydrogen-bond acceptors (Lipinski definition) is 0. The van der Waals surface area contributed by atoms with Crippen LogP contribution in [0.15, 0.2) is 42.7 Å². The van der Waals surface area contributed by atoms with Gasteiger partial charge in [-0.2, -0.15) is 0 Å². The van der Waals surface area contributed by atoms with Crippen LogP contribution in [0.4, 0.5) is 0 Å². The Labute approximate surface area is 167 Å². The van der Waals surface area contributed by atoms with E-state index >= 15 is 0 Å². The van der Waals surface area contributed by atoms with E-state index < -0.39 is 9.52 Å². The number of allylic oxidation sites excluding steroid dienone is 8. The molecule has 0 radical (unpaired) electrons. The fourth-order valence-corrected chi connectivity index (χ4v) is 6.94. The molecule has 0 aromatic rings. The van der Waals surface area contributed by atoms with Crippen molar-refractivity contribution in [2.24, 2.45) is 10.8 Å². The van der Waals surface area contributed by atoms with Gasteiger partial charge in [-0.25, -0.2) is 0 Å². The van der Waals surface area contributed by atoms with E-state index in [4.69, 9.17) is 23.2 Å². The van der Waals surface area contributed by atoms with Crippen molar-refractivity contribution in [3.63, 3.8) is 0 Å². The summed E-state index contributed by atoms with van der Waals surface area (Å²) in [6, 6.07) is 0. The van der Waals surface area contributed by atoms with Crippen molar-refractivity contribution in [3.8, 4) is 0 Å². The van der Waals surface area contributed by atoms with Crippen LogP contribution in [-0.4, -0.2) is 9.52 Å². The zero-order valence-electron chi connectivity index (χ0n) is 15.0. The van der Waals surface area contributed by atoms with E-state index in [2.05, 4.69) is 55.4 Å². The Bertz CT molecular complexity index is 590. The second-order valence-corrected chi connectivity index (χ2v) is 10.0. The summed E-state index contributed by atoms with van der Waals surface area (Å²) in [5.74, 6) is 0. The minimum atomic E-state index is -0.552. The van der Waals surface area contributed by atoms with Gasteiger partial charge in [0.25, 0.3) is 0 Å². The van der Waals surface area contributed by atoms with Crippen LogP contribution in [0.3, 0.4) is 0 Å². The first-order chi connectivity index (χ1) is 9.44. The topological polar surface area (TPSA) is 0 Å². The van der Waals surface area contributed by atoms with Crippen molar-refractivity contribution < 1.29 is 26.2 Å². The second kappa shape index (κ2) is 6.51. The van der Waals surface area contributed by atoms with Crippen molar-refractivity contribution >= 4 is 32.7 Å². The monoisotopic (exact) mass is 430 g/mol. The molecule has 0 spiro atoms. The van der Waals surface area contributed by atoms with Crippen molar-refractivity contribution in [2.45, 2.75) is 55.4 Å². The third-order valence-electron chi connectivity index (χ3n) is 5.80. The summed E-state index contributed by atoms with van der Waals surface area (Å²) in [5.41, 5.74) is 5.51. The van der Waals surface area contributed by atoms with E-state index in [1.54, 1.807) is 0 Å². The SMILES string of the molecule is CC1=C(Cl)C(C)(C)C(C)=C1[SiH2]C1=C(C)C(C)(C)C(Cl)=C1C.[Zr]. The summed E-state index contributed by atoms with van der Waals surface area (Å²) in [7, 11) is -0.552. The minimum absolute atomic E-state index is 0. The number of hydrogen-bond donors (Lipinski definition) is 0. The zero-order valence-corrected chi connectivity index (χ0v) is 20.3. The van der Waals surface area contributed by atoms with Crippen molar-refractivity contribution in [3.05, 3.63) is 42.7 Å². The fraction of sp³-hybridized carbons (Fsp3) is 0.556. The second-order valence-electron chi connectivity index (χ2n) is 7.51. The molecular formula is C18H26Cl2SiZr. The first-order valence-corrected chi connectivity index (χ1v) is 9.76. The van der Waals surface area contributed by atoms with E-state index in [1.165, 1.54) is 32.7 Å². The average molecular weight is 433 g/mol. The van der Waals surface area contributed by atoms with Crippen molar-refractivity contribution in [1.82, 2.24) is 0 Å². The molecular weight excluding hydrogens is 406 g/mol. The summed E-state index contributed by atoms with van der Waals surface area (Å²) in [5, 5.41) is 5.10. The maximum absolute atomic E-state index is 6.59. The van der Waals surface area contributed by atoms with Crippen LogP contribution in [-0.2, 0) is 26.2 Å². The molecule has 0 bridgehead atoms. The third kappa shape index (κ3) is 2.87. The molecule has 0 unspecified atom stereocenters. The molecule has 120 valence electrons. The third-order valence-corrected chi connectivity index (χ3v) is 10.1. The van der Waals surface area contributed by atoms with Crippen LogP contribution in [0.25, 0.3) is 0 Å². The van der Waals surface area contributed by atoms with Gasteiger partial charge in [0.15, 0.2) is 0 Å². The predicted octanol–water partition coefficient (Wildman–Crippen LogP) is 5.81. The molecule has 0 fully saturated rings. The largest absolute Gasteiger partial charge is 0.0882 e. The molecule has 0 heterocycles. The van der Waals surface area contributed by atoms with E-state index in [0.717, 1.165) is 10.1 Å². The van der Waals surface area contributed by atoms with Gasteiger partial charge in [0.05, 0.1) is 9.52 Å². The Morgan fingerprint density at radius 1 is 0.682 bits per heavy atom. The quantitative estimate of drug-likeness (QED) is 0.483. The summed E-state index contributed by atoms with van der Waals surface area (Å²) in [6.45, 7) is 17.8. The molecule has 2 aliphatic carbocycles. The Kier molecular flexibility index (Phi) is 6.12. The van der Waals surface area contributed by atoms with E-state index in [1.807, 2.05) is 0 Å². The van der Waals surface area contributed by atoms with Gasteiger partial charge in [-0.05, 0) is 38.8 Å². The standard InChI is InChI=1S/C18H26Cl2Si.Zr/c1-9-13(11(3)17(5,6)15(9)19)21-14-10(2)16(20)18(7,8)12(14)4;/h21H2,1-8H3;. The molecule has 2 aliphatic rings. The normalized spacial score (nSPS) is 23.7. The zero-order chi connectivity index (χ0) is 16.3. The van der Waals surface area contributed by atoms with Gasteiger partial charge in [0.1, 0.15) is 0 Å². The van der Waals surface area contributed by atoms with Gasteiger partial charge in [-0.1, -0.05) is 72.4 Å². The first-order valence-electron chi connectivity index (χ1n) is 7.59. The summed E-state index contributed by atoms with van der Waals surface area (Å²) < 4.78 is 0. The van der Waals surface area contributed by atoms with Crippen molar-refractivity contribution in [1.29, 1.82) is 0 Å². The van der Waals surface area contributed by atoms with Crippen LogP contribution >= 0.6 is 23.2 Å². The molecule has 0 saturated heterocycles. The Morgan fingerprint density at radius 2 is 0.955 bits per heavy atom. The van der Waals surface area contributed by atoms with E-state index in [-0.39, 0.29) is 37.0 Å². The molecule has 0 atom stereocenters. The number of halogens is 2. The molecule has 0 amide bonds. The summed E-state index contributed by atoms with van der Waals surface area (Å²) in [6.07, 6.45) is 0. The Hall–Kier alpha value is 0.640.